The van der Waals surface area contributed by atoms with Crippen molar-refractivity contribution in [3.8, 4) is 6.07 Å². The number of carbonyl (C=O) groups is 1. The lowest BCUT2D eigenvalue weighted by atomic mass is 10.3. The molecule has 0 radical (unpaired) electrons. The van der Waals surface area contributed by atoms with E-state index < -0.39 is 0 Å². The molecule has 0 aliphatic carbocycles. The van der Waals surface area contributed by atoms with E-state index in [9.17, 15) is 4.79 Å². The van der Waals surface area contributed by atoms with Crippen LogP contribution in [0.2, 0.25) is 0 Å². The summed E-state index contributed by atoms with van der Waals surface area (Å²) in [7, 11) is 1.61. The van der Waals surface area contributed by atoms with Crippen LogP contribution in [0.5, 0.6) is 0 Å². The second-order valence-electron chi connectivity index (χ2n) is 3.95. The molecule has 0 aromatic carbocycles. The van der Waals surface area contributed by atoms with E-state index in [4.69, 9.17) is 10.00 Å². The summed E-state index contributed by atoms with van der Waals surface area (Å²) in [6.45, 7) is 1.45. The van der Waals surface area contributed by atoms with Crippen LogP contribution in [-0.4, -0.2) is 37.6 Å². The molecule has 0 unspecified atom stereocenters. The number of methoxy groups -OCH3 is 1. The fourth-order valence-electron chi connectivity index (χ4n) is 1.73. The Hall–Kier alpha value is -1.42. The maximum absolute atomic E-state index is 12.4. The SMILES string of the molecule is COCCN(CCC#N)C(=O)c1cc2sccc2s1. The van der Waals surface area contributed by atoms with Gasteiger partial charge in [0.25, 0.3) is 5.91 Å². The summed E-state index contributed by atoms with van der Waals surface area (Å²) in [4.78, 5) is 14.8. The summed E-state index contributed by atoms with van der Waals surface area (Å²) in [6, 6.07) is 6.03. The van der Waals surface area contributed by atoms with Crippen molar-refractivity contribution in [2.45, 2.75) is 6.42 Å². The Kier molecular flexibility index (Phi) is 4.91. The number of thiophene rings is 2. The number of hydrogen-bond donors (Lipinski definition) is 0. The third kappa shape index (κ3) is 3.32. The first-order chi connectivity index (χ1) is 9.26. The van der Waals surface area contributed by atoms with Crippen molar-refractivity contribution in [3.63, 3.8) is 0 Å². The van der Waals surface area contributed by atoms with Gasteiger partial charge in [0.05, 0.1) is 24.0 Å². The number of hydrogen-bond acceptors (Lipinski definition) is 5. The van der Waals surface area contributed by atoms with Gasteiger partial charge in [-0.2, -0.15) is 5.26 Å². The Balaban J connectivity index is 2.13. The van der Waals surface area contributed by atoms with Gasteiger partial charge in [0, 0.05) is 29.6 Å². The van der Waals surface area contributed by atoms with Crippen LogP contribution in [0.15, 0.2) is 17.5 Å². The van der Waals surface area contributed by atoms with Crippen LogP contribution in [0.4, 0.5) is 0 Å². The zero-order valence-electron chi connectivity index (χ0n) is 10.6. The largest absolute Gasteiger partial charge is 0.383 e. The fourth-order valence-corrected chi connectivity index (χ4v) is 3.80. The molecule has 0 aliphatic rings. The maximum atomic E-state index is 12.4. The van der Waals surface area contributed by atoms with Gasteiger partial charge in [0.1, 0.15) is 0 Å². The van der Waals surface area contributed by atoms with Gasteiger partial charge in [-0.1, -0.05) is 0 Å². The van der Waals surface area contributed by atoms with Crippen molar-refractivity contribution in [2.24, 2.45) is 0 Å². The summed E-state index contributed by atoms with van der Waals surface area (Å²) < 4.78 is 7.29. The molecule has 19 heavy (non-hydrogen) atoms. The maximum Gasteiger partial charge on any atom is 0.264 e. The highest BCUT2D eigenvalue weighted by molar-refractivity contribution is 7.27. The lowest BCUT2D eigenvalue weighted by molar-refractivity contribution is 0.0704. The fraction of sp³-hybridized carbons (Fsp3) is 0.385. The van der Waals surface area contributed by atoms with Crippen molar-refractivity contribution in [2.75, 3.05) is 26.8 Å². The normalized spacial score (nSPS) is 10.5. The van der Waals surface area contributed by atoms with Crippen LogP contribution in [0, 0.1) is 11.3 Å². The highest BCUT2D eigenvalue weighted by Crippen LogP contribution is 2.30. The lowest BCUT2D eigenvalue weighted by Gasteiger charge is -2.20. The zero-order valence-corrected chi connectivity index (χ0v) is 12.2. The molecule has 1 amide bonds. The van der Waals surface area contributed by atoms with Gasteiger partial charge >= 0.3 is 0 Å². The second kappa shape index (κ2) is 6.66. The van der Waals surface area contributed by atoms with Crippen molar-refractivity contribution in [1.82, 2.24) is 4.90 Å². The Morgan fingerprint density at radius 3 is 3.00 bits per heavy atom. The van der Waals surface area contributed by atoms with Gasteiger partial charge in [0.15, 0.2) is 0 Å². The second-order valence-corrected chi connectivity index (χ2v) is 5.98. The van der Waals surface area contributed by atoms with Crippen molar-refractivity contribution < 1.29 is 9.53 Å². The zero-order chi connectivity index (χ0) is 13.7. The number of rotatable bonds is 6. The average molecular weight is 294 g/mol. The van der Waals surface area contributed by atoms with Crippen molar-refractivity contribution in [3.05, 3.63) is 22.4 Å². The van der Waals surface area contributed by atoms with Crippen LogP contribution >= 0.6 is 22.7 Å². The first-order valence-electron chi connectivity index (χ1n) is 5.88. The molecular weight excluding hydrogens is 280 g/mol. The number of nitrogens with zero attached hydrogens (tertiary/aromatic N) is 2. The minimum absolute atomic E-state index is 0.0132. The highest BCUT2D eigenvalue weighted by Gasteiger charge is 2.18. The molecule has 0 aliphatic heterocycles. The Morgan fingerprint density at radius 1 is 1.47 bits per heavy atom. The third-order valence-electron chi connectivity index (χ3n) is 2.70. The molecule has 0 saturated heterocycles. The van der Waals surface area contributed by atoms with Gasteiger partial charge in [-0.05, 0) is 17.5 Å². The number of fused-ring (bicyclic) bond motifs is 1. The summed E-state index contributed by atoms with van der Waals surface area (Å²) in [5.41, 5.74) is 0. The average Bonchev–Trinajstić information content (AvgIpc) is 2.99. The minimum atomic E-state index is -0.0132. The van der Waals surface area contributed by atoms with E-state index in [2.05, 4.69) is 6.07 Å². The van der Waals surface area contributed by atoms with Gasteiger partial charge < -0.3 is 9.64 Å². The van der Waals surface area contributed by atoms with E-state index in [-0.39, 0.29) is 5.91 Å². The molecule has 0 fully saturated rings. The summed E-state index contributed by atoms with van der Waals surface area (Å²) in [6.07, 6.45) is 0.342. The minimum Gasteiger partial charge on any atom is -0.383 e. The van der Waals surface area contributed by atoms with E-state index in [0.29, 0.717) is 26.1 Å². The molecule has 0 N–H and O–H groups in total. The van der Waals surface area contributed by atoms with Crippen LogP contribution in [0.3, 0.4) is 0 Å². The molecular formula is C13H14N2O2S2. The van der Waals surface area contributed by atoms with E-state index in [0.717, 1.165) is 14.3 Å². The van der Waals surface area contributed by atoms with E-state index in [1.165, 1.54) is 11.3 Å². The predicted octanol–water partition coefficient (Wildman–Crippen LogP) is 2.97. The number of ether oxygens (including phenoxy) is 1. The standard InChI is InChI=1S/C13H14N2O2S2/c1-17-7-6-15(5-2-4-14)13(16)12-9-11-10(19-12)3-8-18-11/h3,8-9H,2,5-7H2,1H3. The summed E-state index contributed by atoms with van der Waals surface area (Å²) in [5, 5.41) is 10.7. The number of carbonyl (C=O) groups excluding carboxylic acids is 1. The van der Waals surface area contributed by atoms with Gasteiger partial charge in [0.2, 0.25) is 0 Å². The number of amides is 1. The molecule has 0 spiro atoms. The molecule has 0 atom stereocenters. The molecule has 0 bridgehead atoms. The Labute approximate surface area is 119 Å². The topological polar surface area (TPSA) is 53.3 Å². The smallest absolute Gasteiger partial charge is 0.264 e. The van der Waals surface area contributed by atoms with Gasteiger partial charge in [-0.3, -0.25) is 4.79 Å². The number of nitriles is 1. The molecule has 2 aromatic rings. The van der Waals surface area contributed by atoms with Crippen molar-refractivity contribution in [1.29, 1.82) is 5.26 Å². The van der Waals surface area contributed by atoms with Gasteiger partial charge in [-0.15, -0.1) is 22.7 Å². The first-order valence-corrected chi connectivity index (χ1v) is 7.58. The predicted molar refractivity (Wildman–Crippen MR) is 77.7 cm³/mol. The lowest BCUT2D eigenvalue weighted by Crippen LogP contribution is -2.34. The van der Waals surface area contributed by atoms with Crippen LogP contribution in [0.1, 0.15) is 16.1 Å². The van der Waals surface area contributed by atoms with E-state index in [1.807, 2.05) is 17.5 Å². The summed E-state index contributed by atoms with van der Waals surface area (Å²) in [5.74, 6) is -0.0132. The first kappa shape index (κ1) is 14.0. The molecule has 0 saturated carbocycles. The molecule has 6 heteroatoms. The van der Waals surface area contributed by atoms with Crippen LogP contribution < -0.4 is 0 Å². The van der Waals surface area contributed by atoms with E-state index >= 15 is 0 Å². The summed E-state index contributed by atoms with van der Waals surface area (Å²) >= 11 is 3.14. The molecule has 2 aromatic heterocycles. The monoisotopic (exact) mass is 294 g/mol. The van der Waals surface area contributed by atoms with Crippen LogP contribution in [0.25, 0.3) is 9.40 Å². The molecule has 2 heterocycles. The van der Waals surface area contributed by atoms with Crippen molar-refractivity contribution >= 4 is 38.0 Å². The van der Waals surface area contributed by atoms with Gasteiger partial charge in [-0.25, -0.2) is 0 Å². The Bertz CT molecular complexity index is 569. The molecule has 2 rings (SSSR count). The third-order valence-corrected chi connectivity index (χ3v) is 4.78. The van der Waals surface area contributed by atoms with E-state index in [1.54, 1.807) is 23.3 Å². The quantitative estimate of drug-likeness (QED) is 0.823. The van der Waals surface area contributed by atoms with Crippen LogP contribution in [-0.2, 0) is 4.74 Å². The molecule has 100 valence electrons. The Morgan fingerprint density at radius 2 is 2.32 bits per heavy atom. The molecule has 4 nitrogen and oxygen atoms in total. The highest BCUT2D eigenvalue weighted by atomic mass is 32.1.